The first-order chi connectivity index (χ1) is 8.97. The Labute approximate surface area is 115 Å². The molecular weight excluding hydrogens is 258 g/mol. The van der Waals surface area contributed by atoms with Crippen molar-refractivity contribution in [2.24, 2.45) is 10.2 Å². The lowest BCUT2D eigenvalue weighted by Gasteiger charge is -2.13. The van der Waals surface area contributed by atoms with Gasteiger partial charge in [-0.3, -0.25) is 10.3 Å². The molecule has 0 aromatic heterocycles. The summed E-state index contributed by atoms with van der Waals surface area (Å²) in [4.78, 5) is 5.37. The van der Waals surface area contributed by atoms with Gasteiger partial charge in [-0.2, -0.15) is 5.10 Å². The Morgan fingerprint density at radius 1 is 1.16 bits per heavy atom. The van der Waals surface area contributed by atoms with Crippen LogP contribution < -0.4 is 5.48 Å². The predicted molar refractivity (Wildman–Crippen MR) is 82.0 cm³/mol. The van der Waals surface area contributed by atoms with Crippen molar-refractivity contribution in [3.8, 4) is 0 Å². The Morgan fingerprint density at radius 3 is 2.47 bits per heavy atom. The number of benzene rings is 1. The fraction of sp³-hybridized carbons (Fsp3) is 0.385. The third-order valence-corrected chi connectivity index (χ3v) is 2.75. The van der Waals surface area contributed by atoms with Gasteiger partial charge in [0.15, 0.2) is 6.40 Å². The first kappa shape index (κ1) is 15.4. The van der Waals surface area contributed by atoms with Crippen LogP contribution in [0.5, 0.6) is 0 Å². The van der Waals surface area contributed by atoms with Crippen molar-refractivity contribution >= 4 is 26.6 Å². The van der Waals surface area contributed by atoms with E-state index in [1.54, 1.807) is 6.21 Å². The highest BCUT2D eigenvalue weighted by molar-refractivity contribution is 6.70. The maximum Gasteiger partial charge on any atom is 0.243 e. The molecule has 0 amide bonds. The van der Waals surface area contributed by atoms with Crippen molar-refractivity contribution in [1.82, 2.24) is 0 Å². The molecule has 104 valence electrons. The second-order valence-electron chi connectivity index (χ2n) is 5.01. The van der Waals surface area contributed by atoms with E-state index < -0.39 is 8.32 Å². The summed E-state index contributed by atoms with van der Waals surface area (Å²) in [7, 11) is -1.56. The molecule has 6 heteroatoms. The summed E-state index contributed by atoms with van der Waals surface area (Å²) in [6, 6.07) is 9.65. The first-order valence-corrected chi connectivity index (χ1v) is 9.58. The van der Waals surface area contributed by atoms with E-state index in [1.807, 2.05) is 37.3 Å². The summed E-state index contributed by atoms with van der Waals surface area (Å²) in [5, 5.41) is 7.66. The van der Waals surface area contributed by atoms with Gasteiger partial charge in [0, 0.05) is 0 Å². The van der Waals surface area contributed by atoms with Crippen LogP contribution in [0, 0.1) is 0 Å². The highest BCUT2D eigenvalue weighted by atomic mass is 28.4. The smallest absolute Gasteiger partial charge is 0.243 e. The second-order valence-corrected chi connectivity index (χ2v) is 9.47. The lowest BCUT2D eigenvalue weighted by Crippen LogP contribution is -2.24. The van der Waals surface area contributed by atoms with E-state index in [2.05, 4.69) is 35.3 Å². The number of nitrogens with one attached hydrogen (secondary N) is 1. The summed E-state index contributed by atoms with van der Waals surface area (Å²) in [6.07, 6.45) is 2.80. The van der Waals surface area contributed by atoms with Crippen LogP contribution in [-0.2, 0) is 9.26 Å². The van der Waals surface area contributed by atoms with Gasteiger partial charge in [0.1, 0.15) is 6.10 Å². The molecule has 0 spiro atoms. The quantitative estimate of drug-likeness (QED) is 0.361. The predicted octanol–water partition coefficient (Wildman–Crippen LogP) is 3.28. The van der Waals surface area contributed by atoms with Crippen molar-refractivity contribution in [3.05, 3.63) is 30.3 Å². The Balaban J connectivity index is 2.25. The summed E-state index contributed by atoms with van der Waals surface area (Å²) in [6.45, 7) is 8.11. The lowest BCUT2D eigenvalue weighted by atomic mass is 10.3. The van der Waals surface area contributed by atoms with Crippen LogP contribution in [0.4, 0.5) is 5.69 Å². The number of hydrogen-bond donors (Lipinski definition) is 1. The van der Waals surface area contributed by atoms with Crippen molar-refractivity contribution < 1.29 is 9.26 Å². The number of nitrogens with zero attached hydrogens (tertiary/aromatic N) is 2. The van der Waals surface area contributed by atoms with Gasteiger partial charge >= 0.3 is 0 Å². The zero-order chi connectivity index (χ0) is 14.1. The topological polar surface area (TPSA) is 55.2 Å². The van der Waals surface area contributed by atoms with Crippen molar-refractivity contribution in [3.63, 3.8) is 0 Å². The van der Waals surface area contributed by atoms with E-state index in [1.165, 1.54) is 6.40 Å². The molecule has 0 aliphatic carbocycles. The van der Waals surface area contributed by atoms with Gasteiger partial charge in [-0.25, -0.2) is 0 Å². The number of hydrogen-bond acceptors (Lipinski definition) is 5. The van der Waals surface area contributed by atoms with E-state index in [-0.39, 0.29) is 6.10 Å². The van der Waals surface area contributed by atoms with Gasteiger partial charge in [-0.05, 0) is 38.7 Å². The highest BCUT2D eigenvalue weighted by Crippen LogP contribution is 2.05. The molecule has 1 rings (SSSR count). The van der Waals surface area contributed by atoms with Crippen LogP contribution in [0.25, 0.3) is 0 Å². The molecule has 0 unspecified atom stereocenters. The maximum atomic E-state index is 5.42. The first-order valence-electron chi connectivity index (χ1n) is 6.17. The third-order valence-electron chi connectivity index (χ3n) is 1.93. The Kier molecular flexibility index (Phi) is 6.24. The largest absolute Gasteiger partial charge is 0.535 e. The lowest BCUT2D eigenvalue weighted by molar-refractivity contribution is 0.170. The van der Waals surface area contributed by atoms with Crippen LogP contribution in [0.2, 0.25) is 19.6 Å². The SMILES string of the molecule is C[C@@H](/C=N/N=C/O[Si](C)(C)C)ONc1ccccc1. The van der Waals surface area contributed by atoms with Crippen LogP contribution >= 0.6 is 0 Å². The molecule has 0 radical (unpaired) electrons. The average Bonchev–Trinajstić information content (AvgIpc) is 2.36. The van der Waals surface area contributed by atoms with E-state index in [4.69, 9.17) is 9.26 Å². The summed E-state index contributed by atoms with van der Waals surface area (Å²) < 4.78 is 5.42. The van der Waals surface area contributed by atoms with Gasteiger partial charge in [0.2, 0.25) is 8.32 Å². The molecule has 0 saturated heterocycles. The highest BCUT2D eigenvalue weighted by Gasteiger charge is 2.13. The van der Waals surface area contributed by atoms with Crippen molar-refractivity contribution in [2.75, 3.05) is 5.48 Å². The fourth-order valence-electron chi connectivity index (χ4n) is 1.04. The molecule has 1 atom stereocenters. The normalized spacial score (nSPS) is 13.9. The van der Waals surface area contributed by atoms with Gasteiger partial charge in [-0.1, -0.05) is 18.2 Å². The van der Waals surface area contributed by atoms with E-state index in [0.29, 0.717) is 0 Å². The molecule has 0 fully saturated rings. The zero-order valence-corrected chi connectivity index (χ0v) is 12.8. The number of rotatable bonds is 7. The van der Waals surface area contributed by atoms with Crippen LogP contribution in [0.15, 0.2) is 40.5 Å². The van der Waals surface area contributed by atoms with E-state index in [0.717, 1.165) is 5.69 Å². The summed E-state index contributed by atoms with van der Waals surface area (Å²) in [5.74, 6) is 0. The third kappa shape index (κ3) is 8.12. The van der Waals surface area contributed by atoms with Gasteiger partial charge < -0.3 is 4.43 Å². The maximum absolute atomic E-state index is 5.42. The monoisotopic (exact) mass is 279 g/mol. The second kappa shape index (κ2) is 7.70. The number of para-hydroxylation sites is 1. The molecule has 1 aromatic carbocycles. The van der Waals surface area contributed by atoms with E-state index in [9.17, 15) is 0 Å². The molecule has 0 aliphatic rings. The minimum Gasteiger partial charge on any atom is -0.535 e. The van der Waals surface area contributed by atoms with E-state index >= 15 is 0 Å². The molecule has 5 nitrogen and oxygen atoms in total. The summed E-state index contributed by atoms with van der Waals surface area (Å²) >= 11 is 0. The average molecular weight is 279 g/mol. The molecule has 0 heterocycles. The number of anilines is 1. The molecule has 1 N–H and O–H groups in total. The molecule has 0 saturated carbocycles. The molecule has 1 aromatic rings. The summed E-state index contributed by atoms with van der Waals surface area (Å²) in [5.41, 5.74) is 3.74. The molecule has 19 heavy (non-hydrogen) atoms. The van der Waals surface area contributed by atoms with Crippen molar-refractivity contribution in [1.29, 1.82) is 0 Å². The molecule has 0 aliphatic heterocycles. The Bertz CT molecular complexity index is 416. The Morgan fingerprint density at radius 2 is 1.84 bits per heavy atom. The standard InChI is InChI=1S/C13H21N3O2Si/c1-12(10-14-15-11-17-19(2,3)4)18-16-13-8-6-5-7-9-13/h5-12,16H,1-4H3/b14-10+,15-11+/t12-/m0/s1. The molecule has 0 bridgehead atoms. The fourth-order valence-corrected chi connectivity index (χ4v) is 1.40. The van der Waals surface area contributed by atoms with Gasteiger partial charge in [-0.15, -0.1) is 5.10 Å². The minimum atomic E-state index is -1.56. The minimum absolute atomic E-state index is 0.191. The van der Waals surface area contributed by atoms with Crippen LogP contribution in [-0.4, -0.2) is 27.0 Å². The van der Waals surface area contributed by atoms with Crippen LogP contribution in [0.3, 0.4) is 0 Å². The molecular formula is C13H21N3O2Si. The van der Waals surface area contributed by atoms with Crippen molar-refractivity contribution in [2.45, 2.75) is 32.7 Å². The Hall–Kier alpha value is -1.66. The van der Waals surface area contributed by atoms with Gasteiger partial charge in [0.05, 0.1) is 11.9 Å². The zero-order valence-electron chi connectivity index (χ0n) is 11.8. The van der Waals surface area contributed by atoms with Crippen LogP contribution in [0.1, 0.15) is 6.92 Å². The van der Waals surface area contributed by atoms with Gasteiger partial charge in [0.25, 0.3) is 0 Å².